The maximum absolute atomic E-state index is 12.9. The Morgan fingerprint density at radius 3 is 2.18 bits per heavy atom. The Morgan fingerprint density at radius 1 is 1.00 bits per heavy atom. The number of likely N-dealkylation sites (N-methyl/N-ethyl adjacent to an activating group) is 1. The van der Waals surface area contributed by atoms with Crippen LogP contribution >= 0.6 is 28.3 Å². The second kappa shape index (κ2) is 11.9. The summed E-state index contributed by atoms with van der Waals surface area (Å²) in [7, 11) is 1.61. The topological polar surface area (TPSA) is 81.1 Å². The number of halogens is 2. The largest absolute Gasteiger partial charge is 0.395 e. The Balaban J connectivity index is 0.00000392. The SMILES string of the molecule is CN(C(=O)CN(CCO)CCO)c1ccc(Br)cc1C(=O)c1ccccc1.Cl. The van der Waals surface area contributed by atoms with Crippen LogP contribution in [0.3, 0.4) is 0 Å². The van der Waals surface area contributed by atoms with E-state index in [1.54, 1.807) is 54.4 Å². The maximum atomic E-state index is 12.9. The number of hydrogen-bond donors (Lipinski definition) is 2. The number of hydrogen-bond acceptors (Lipinski definition) is 5. The fourth-order valence-corrected chi connectivity index (χ4v) is 3.07. The molecule has 2 aromatic carbocycles. The van der Waals surface area contributed by atoms with Crippen molar-refractivity contribution in [1.29, 1.82) is 0 Å². The van der Waals surface area contributed by atoms with E-state index in [-0.39, 0.29) is 56.9 Å². The molecule has 8 heteroatoms. The van der Waals surface area contributed by atoms with Gasteiger partial charge in [-0.2, -0.15) is 0 Å². The first kappa shape index (κ1) is 24.3. The van der Waals surface area contributed by atoms with Crippen LogP contribution in [-0.2, 0) is 4.79 Å². The van der Waals surface area contributed by atoms with E-state index in [0.717, 1.165) is 4.47 Å². The van der Waals surface area contributed by atoms with Crippen LogP contribution in [0, 0.1) is 0 Å². The van der Waals surface area contributed by atoms with E-state index in [1.807, 2.05) is 6.07 Å². The molecule has 2 N–H and O–H groups in total. The van der Waals surface area contributed by atoms with Crippen LogP contribution in [0.4, 0.5) is 5.69 Å². The molecule has 0 aliphatic rings. The molecule has 0 fully saturated rings. The third-order valence-corrected chi connectivity index (χ3v) is 4.66. The summed E-state index contributed by atoms with van der Waals surface area (Å²) in [5.74, 6) is -0.407. The molecule has 0 saturated carbocycles. The summed E-state index contributed by atoms with van der Waals surface area (Å²) in [5, 5.41) is 18.2. The maximum Gasteiger partial charge on any atom is 0.240 e. The smallest absolute Gasteiger partial charge is 0.240 e. The minimum absolute atomic E-state index is 0. The lowest BCUT2D eigenvalue weighted by molar-refractivity contribution is -0.119. The van der Waals surface area contributed by atoms with Gasteiger partial charge in [-0.15, -0.1) is 12.4 Å². The first-order valence-corrected chi connectivity index (χ1v) is 9.37. The lowest BCUT2D eigenvalue weighted by atomic mass is 10.0. The molecule has 0 spiro atoms. The molecule has 0 bridgehead atoms. The van der Waals surface area contributed by atoms with Crippen molar-refractivity contribution in [3.8, 4) is 0 Å². The molecule has 28 heavy (non-hydrogen) atoms. The van der Waals surface area contributed by atoms with Gasteiger partial charge in [-0.1, -0.05) is 46.3 Å². The van der Waals surface area contributed by atoms with E-state index in [1.165, 1.54) is 4.90 Å². The Hall–Kier alpha value is -1.77. The van der Waals surface area contributed by atoms with Crippen molar-refractivity contribution in [2.45, 2.75) is 0 Å². The fraction of sp³-hybridized carbons (Fsp3) is 0.300. The van der Waals surface area contributed by atoms with Gasteiger partial charge in [0.25, 0.3) is 0 Å². The van der Waals surface area contributed by atoms with Gasteiger partial charge < -0.3 is 15.1 Å². The lowest BCUT2D eigenvalue weighted by Gasteiger charge is -2.25. The number of ketones is 1. The minimum Gasteiger partial charge on any atom is -0.395 e. The number of aliphatic hydroxyl groups excluding tert-OH is 2. The number of carbonyl (C=O) groups excluding carboxylic acids is 2. The first-order chi connectivity index (χ1) is 13.0. The average Bonchev–Trinajstić information content (AvgIpc) is 2.68. The van der Waals surface area contributed by atoms with Crippen molar-refractivity contribution in [1.82, 2.24) is 4.90 Å². The van der Waals surface area contributed by atoms with Crippen LogP contribution in [0.25, 0.3) is 0 Å². The van der Waals surface area contributed by atoms with Crippen molar-refractivity contribution in [2.75, 3.05) is 44.8 Å². The molecule has 0 radical (unpaired) electrons. The highest BCUT2D eigenvalue weighted by Gasteiger charge is 2.21. The molecule has 0 atom stereocenters. The summed E-state index contributed by atoms with van der Waals surface area (Å²) >= 11 is 3.39. The Labute approximate surface area is 179 Å². The number of anilines is 1. The van der Waals surface area contributed by atoms with Gasteiger partial charge in [0, 0.05) is 35.7 Å². The van der Waals surface area contributed by atoms with Gasteiger partial charge in [-0.05, 0) is 18.2 Å². The van der Waals surface area contributed by atoms with Gasteiger partial charge in [0.05, 0.1) is 25.4 Å². The van der Waals surface area contributed by atoms with Crippen molar-refractivity contribution < 1.29 is 19.8 Å². The molecule has 1 amide bonds. The van der Waals surface area contributed by atoms with Crippen LogP contribution in [0.15, 0.2) is 53.0 Å². The van der Waals surface area contributed by atoms with Crippen molar-refractivity contribution >= 4 is 45.7 Å². The molecule has 0 heterocycles. The average molecular weight is 472 g/mol. The summed E-state index contributed by atoms with van der Waals surface area (Å²) in [6, 6.07) is 14.1. The quantitative estimate of drug-likeness (QED) is 0.549. The summed E-state index contributed by atoms with van der Waals surface area (Å²) < 4.78 is 0.744. The Bertz CT molecular complexity index is 783. The normalized spacial score (nSPS) is 10.5. The zero-order valence-electron chi connectivity index (χ0n) is 15.5. The summed E-state index contributed by atoms with van der Waals surface area (Å²) in [6.07, 6.45) is 0. The summed E-state index contributed by atoms with van der Waals surface area (Å²) in [5.41, 5.74) is 1.46. The van der Waals surface area contributed by atoms with Gasteiger partial charge in [0.2, 0.25) is 5.91 Å². The van der Waals surface area contributed by atoms with Crippen molar-refractivity contribution in [2.24, 2.45) is 0 Å². The minimum atomic E-state index is -0.235. The van der Waals surface area contributed by atoms with Crippen LogP contribution in [0.5, 0.6) is 0 Å². The highest BCUT2D eigenvalue weighted by atomic mass is 79.9. The summed E-state index contributed by atoms with van der Waals surface area (Å²) in [6.45, 7) is 0.402. The predicted octanol–water partition coefficient (Wildman–Crippen LogP) is 2.35. The number of rotatable bonds is 9. The van der Waals surface area contributed by atoms with Crippen LogP contribution < -0.4 is 4.90 Å². The first-order valence-electron chi connectivity index (χ1n) is 8.58. The summed E-state index contributed by atoms with van der Waals surface area (Å²) in [4.78, 5) is 28.7. The van der Waals surface area contributed by atoms with Gasteiger partial charge in [0.1, 0.15) is 0 Å². The van der Waals surface area contributed by atoms with Gasteiger partial charge in [-0.25, -0.2) is 0 Å². The number of nitrogens with zero attached hydrogens (tertiary/aromatic N) is 2. The molecular formula is C20H24BrClN2O4. The van der Waals surface area contributed by atoms with Crippen molar-refractivity contribution in [3.05, 3.63) is 64.1 Å². The third-order valence-electron chi connectivity index (χ3n) is 4.17. The molecule has 2 aromatic rings. The lowest BCUT2D eigenvalue weighted by Crippen LogP contribution is -2.41. The van der Waals surface area contributed by atoms with Crippen LogP contribution in [-0.4, -0.2) is 66.7 Å². The van der Waals surface area contributed by atoms with Crippen LogP contribution in [0.2, 0.25) is 0 Å². The van der Waals surface area contributed by atoms with Gasteiger partial charge in [-0.3, -0.25) is 14.5 Å². The monoisotopic (exact) mass is 470 g/mol. The Morgan fingerprint density at radius 2 is 1.61 bits per heavy atom. The number of carbonyl (C=O) groups is 2. The van der Waals surface area contributed by atoms with E-state index >= 15 is 0 Å². The highest BCUT2D eigenvalue weighted by molar-refractivity contribution is 9.10. The second-order valence-electron chi connectivity index (χ2n) is 6.03. The zero-order chi connectivity index (χ0) is 19.8. The molecule has 152 valence electrons. The van der Waals surface area contributed by atoms with Crippen molar-refractivity contribution in [3.63, 3.8) is 0 Å². The van der Waals surface area contributed by atoms with E-state index in [4.69, 9.17) is 10.2 Å². The molecule has 6 nitrogen and oxygen atoms in total. The van der Waals surface area contributed by atoms with E-state index in [9.17, 15) is 9.59 Å². The van der Waals surface area contributed by atoms with E-state index in [2.05, 4.69) is 15.9 Å². The molecule has 0 aliphatic carbocycles. The zero-order valence-corrected chi connectivity index (χ0v) is 17.9. The second-order valence-corrected chi connectivity index (χ2v) is 6.95. The number of benzene rings is 2. The van der Waals surface area contributed by atoms with Gasteiger partial charge in [0.15, 0.2) is 5.78 Å². The molecule has 2 rings (SSSR count). The number of aliphatic hydroxyl groups is 2. The molecular weight excluding hydrogens is 448 g/mol. The number of amides is 1. The molecule has 0 aromatic heterocycles. The molecule has 0 unspecified atom stereocenters. The fourth-order valence-electron chi connectivity index (χ4n) is 2.71. The standard InChI is InChI=1S/C20H23BrN2O4.ClH/c1-22(19(26)14-23(9-11-24)10-12-25)18-8-7-16(21)13-17(18)20(27)15-5-3-2-4-6-15;/h2-8,13,24-25H,9-12,14H2,1H3;1H. The Kier molecular flexibility index (Phi) is 10.3. The highest BCUT2D eigenvalue weighted by Crippen LogP contribution is 2.26. The molecule has 0 saturated heterocycles. The van der Waals surface area contributed by atoms with Crippen LogP contribution in [0.1, 0.15) is 15.9 Å². The predicted molar refractivity (Wildman–Crippen MR) is 115 cm³/mol. The third kappa shape index (κ3) is 6.39. The van der Waals surface area contributed by atoms with E-state index in [0.29, 0.717) is 16.8 Å². The molecule has 0 aliphatic heterocycles. The van der Waals surface area contributed by atoms with E-state index < -0.39 is 0 Å². The van der Waals surface area contributed by atoms with Gasteiger partial charge >= 0.3 is 0 Å².